The summed E-state index contributed by atoms with van der Waals surface area (Å²) in [7, 11) is 3.26. The van der Waals surface area contributed by atoms with Gasteiger partial charge in [-0.1, -0.05) is 30.3 Å². The van der Waals surface area contributed by atoms with Crippen LogP contribution >= 0.6 is 0 Å². The van der Waals surface area contributed by atoms with Crippen molar-refractivity contribution in [1.82, 2.24) is 4.90 Å². The number of carboxylic acids is 2. The van der Waals surface area contributed by atoms with Crippen molar-refractivity contribution in [2.45, 2.75) is 44.8 Å². The minimum Gasteiger partial charge on any atom is -0.550 e. The number of benzene rings is 2. The number of ketones is 1. The van der Waals surface area contributed by atoms with Gasteiger partial charge in [0, 0.05) is 30.4 Å². The number of aliphatic carboxylic acids is 2. The molecule has 1 aliphatic carbocycles. The highest BCUT2D eigenvalue weighted by Crippen LogP contribution is 2.39. The van der Waals surface area contributed by atoms with Crippen molar-refractivity contribution < 1.29 is 39.2 Å². The van der Waals surface area contributed by atoms with Crippen LogP contribution in [-0.2, 0) is 22.6 Å². The van der Waals surface area contributed by atoms with E-state index in [1.807, 2.05) is 12.1 Å². The van der Waals surface area contributed by atoms with Crippen molar-refractivity contribution in [3.8, 4) is 11.5 Å². The van der Waals surface area contributed by atoms with Crippen LogP contribution in [0.1, 0.15) is 47.2 Å². The number of Topliss-reactive ketones (excluding diaryl/α,β-unsaturated/α-hetero) is 1. The lowest BCUT2D eigenvalue weighted by Crippen LogP contribution is -2.39. The van der Waals surface area contributed by atoms with Gasteiger partial charge in [-0.2, -0.15) is 0 Å². The Morgan fingerprint density at radius 2 is 1.68 bits per heavy atom. The van der Waals surface area contributed by atoms with E-state index in [9.17, 15) is 24.6 Å². The Hall–Kier alpha value is -3.43. The van der Waals surface area contributed by atoms with Gasteiger partial charge in [-0.3, -0.25) is 9.69 Å². The van der Waals surface area contributed by atoms with Gasteiger partial charge in [0.1, 0.15) is 0 Å². The summed E-state index contributed by atoms with van der Waals surface area (Å²) >= 11 is 0. The minimum atomic E-state index is -1.96. The Bertz CT molecular complexity index is 1080. The van der Waals surface area contributed by atoms with Crippen LogP contribution in [0.25, 0.3) is 0 Å². The van der Waals surface area contributed by atoms with Gasteiger partial charge in [-0.15, -0.1) is 0 Å². The van der Waals surface area contributed by atoms with Gasteiger partial charge < -0.3 is 34.4 Å². The first-order valence-electron chi connectivity index (χ1n) is 12.4. The van der Waals surface area contributed by atoms with Crippen LogP contribution in [-0.4, -0.2) is 61.1 Å². The second kappa shape index (κ2) is 13.2. The third-order valence-electron chi connectivity index (χ3n) is 6.92. The summed E-state index contributed by atoms with van der Waals surface area (Å²) in [6, 6.07) is 14.5. The molecule has 0 spiro atoms. The first-order valence-corrected chi connectivity index (χ1v) is 12.4. The van der Waals surface area contributed by atoms with Crippen molar-refractivity contribution in [3.63, 3.8) is 0 Å². The molecule has 0 radical (unpaired) electrons. The molecule has 2 aromatic carbocycles. The maximum Gasteiger partial charge on any atom is 0.166 e. The first kappa shape index (κ1) is 28.1. The highest BCUT2D eigenvalue weighted by molar-refractivity contribution is 6.02. The number of aliphatic hydroxyl groups excluding tert-OH is 1. The van der Waals surface area contributed by atoms with E-state index in [4.69, 9.17) is 14.6 Å². The smallest absolute Gasteiger partial charge is 0.166 e. The molecule has 1 saturated heterocycles. The van der Waals surface area contributed by atoms with Crippen molar-refractivity contribution in [2.24, 2.45) is 11.8 Å². The molecule has 9 nitrogen and oxygen atoms in total. The predicted octanol–water partition coefficient (Wildman–Crippen LogP) is 0.598. The first-order chi connectivity index (χ1) is 17.7. The van der Waals surface area contributed by atoms with Gasteiger partial charge in [0.25, 0.3) is 0 Å². The number of carbonyl (C=O) groups is 3. The number of nitrogens with zero attached hydrogens (tertiary/aromatic N) is 1. The quantitative estimate of drug-likeness (QED) is 0.513. The molecule has 1 aliphatic heterocycles. The molecule has 1 fully saturated rings. The number of hydrogen-bond acceptors (Lipinski definition) is 9. The lowest BCUT2D eigenvalue weighted by atomic mass is 9.85. The van der Waals surface area contributed by atoms with E-state index in [0.717, 1.165) is 43.6 Å². The second-order valence-corrected chi connectivity index (χ2v) is 9.48. The molecule has 2 aromatic rings. The Morgan fingerprint density at radius 1 is 1.05 bits per heavy atom. The van der Waals surface area contributed by atoms with E-state index < -0.39 is 24.5 Å². The molecule has 4 rings (SSSR count). The normalized spacial score (nSPS) is 18.4. The van der Waals surface area contributed by atoms with Crippen LogP contribution in [0.3, 0.4) is 0 Å². The zero-order valence-corrected chi connectivity index (χ0v) is 21.2. The molecule has 0 saturated carbocycles. The number of methoxy groups -OCH3 is 2. The molecule has 1 heterocycles. The van der Waals surface area contributed by atoms with Gasteiger partial charge in [0.15, 0.2) is 17.3 Å². The number of fused-ring (bicyclic) bond motifs is 1. The highest BCUT2D eigenvalue weighted by Gasteiger charge is 2.34. The van der Waals surface area contributed by atoms with E-state index in [0.29, 0.717) is 17.4 Å². The number of likely N-dealkylation sites (tertiary alicyclic amines) is 1. The third-order valence-corrected chi connectivity index (χ3v) is 6.92. The average molecular weight is 512 g/mol. The molecule has 9 heteroatoms. The number of carboxylic acid groups (broad SMARTS) is 2. The van der Waals surface area contributed by atoms with Gasteiger partial charge >= 0.3 is 0 Å². The van der Waals surface area contributed by atoms with E-state index in [2.05, 4.69) is 35.2 Å². The fourth-order valence-corrected chi connectivity index (χ4v) is 4.95. The zero-order valence-electron chi connectivity index (χ0n) is 21.2. The van der Waals surface area contributed by atoms with Gasteiger partial charge in [-0.25, -0.2) is 0 Å². The number of rotatable bonds is 9. The number of carbonyl (C=O) groups excluding carboxylic acids is 3. The Balaban J connectivity index is 0.000000364. The monoisotopic (exact) mass is 511 g/mol. The molecule has 0 aromatic heterocycles. The van der Waals surface area contributed by atoms with Gasteiger partial charge in [0.2, 0.25) is 0 Å². The lowest BCUT2D eigenvalue weighted by molar-refractivity contribution is -0.323. The summed E-state index contributed by atoms with van der Waals surface area (Å²) in [5.41, 5.74) is 3.31. The molecule has 2 unspecified atom stereocenters. The molecule has 2 atom stereocenters. The molecule has 0 amide bonds. The average Bonchev–Trinajstić information content (AvgIpc) is 3.18. The molecule has 1 N–H and O–H groups in total. The molecule has 0 bridgehead atoms. The Morgan fingerprint density at radius 3 is 2.22 bits per heavy atom. The van der Waals surface area contributed by atoms with Crippen molar-refractivity contribution in [2.75, 3.05) is 27.3 Å². The molecule has 2 aliphatic rings. The van der Waals surface area contributed by atoms with Crippen LogP contribution in [0.15, 0.2) is 42.5 Å². The summed E-state index contributed by atoms with van der Waals surface area (Å²) in [6.07, 6.45) is 1.30. The van der Waals surface area contributed by atoms with Gasteiger partial charge in [0.05, 0.1) is 26.3 Å². The van der Waals surface area contributed by atoms with E-state index in [-0.39, 0.29) is 11.7 Å². The maximum atomic E-state index is 12.9. The van der Waals surface area contributed by atoms with Crippen LogP contribution in [0.2, 0.25) is 0 Å². The Labute approximate surface area is 216 Å². The van der Waals surface area contributed by atoms with Crippen molar-refractivity contribution in [1.29, 1.82) is 0 Å². The second-order valence-electron chi connectivity index (χ2n) is 9.48. The lowest BCUT2D eigenvalue weighted by Gasteiger charge is -2.32. The Kier molecular flexibility index (Phi) is 10.0. The maximum absolute atomic E-state index is 12.9. The molecular formula is C28H33NO8-2. The molecular weight excluding hydrogens is 478 g/mol. The third kappa shape index (κ3) is 7.77. The van der Waals surface area contributed by atoms with E-state index in [1.165, 1.54) is 18.4 Å². The summed E-state index contributed by atoms with van der Waals surface area (Å²) in [5, 5.41) is 27.3. The van der Waals surface area contributed by atoms with Crippen molar-refractivity contribution in [3.05, 3.63) is 59.2 Å². The minimum absolute atomic E-state index is 0.109. The summed E-state index contributed by atoms with van der Waals surface area (Å²) < 4.78 is 10.8. The summed E-state index contributed by atoms with van der Waals surface area (Å²) in [4.78, 5) is 34.6. The summed E-state index contributed by atoms with van der Waals surface area (Å²) in [6.45, 7) is 3.27. The van der Waals surface area contributed by atoms with Gasteiger partial charge in [-0.05, 0) is 68.0 Å². The number of ether oxygens (including phenoxy) is 2. The zero-order chi connectivity index (χ0) is 26.9. The van der Waals surface area contributed by atoms with Crippen LogP contribution in [0.5, 0.6) is 11.5 Å². The SMILES string of the molecule is COc1cc2c(cc1OC)C(=O)C(CC1CCN(Cc3ccccc3)CC1)C2.O=C([O-])CC(O)C(=O)[O-]. The standard InChI is InChI=1S/C24H29NO3.C4H6O5/c1-27-22-14-19-13-20(24(26)21(19)15-23(22)28-2)12-17-8-10-25(11-9-17)16-18-6-4-3-5-7-18;5-2(4(8)9)1-3(6)7/h3-7,14-15,17,20H,8-13,16H2,1-2H3;2,5H,1H2,(H,6,7)(H,8,9)/p-2. The topological polar surface area (TPSA) is 139 Å². The van der Waals surface area contributed by atoms with Crippen molar-refractivity contribution >= 4 is 17.7 Å². The number of aliphatic hydroxyl groups is 1. The summed E-state index contributed by atoms with van der Waals surface area (Å²) in [5.74, 6) is -1.04. The van der Waals surface area contributed by atoms with Crippen LogP contribution < -0.4 is 19.7 Å². The van der Waals surface area contributed by atoms with Crippen LogP contribution in [0.4, 0.5) is 0 Å². The van der Waals surface area contributed by atoms with E-state index >= 15 is 0 Å². The molecule has 200 valence electrons. The number of piperidine rings is 1. The fraction of sp³-hybridized carbons (Fsp3) is 0.464. The van der Waals surface area contributed by atoms with E-state index in [1.54, 1.807) is 14.2 Å². The highest BCUT2D eigenvalue weighted by atomic mass is 16.5. The largest absolute Gasteiger partial charge is 0.550 e. The molecule has 37 heavy (non-hydrogen) atoms. The fourth-order valence-electron chi connectivity index (χ4n) is 4.95. The number of hydrogen-bond donors (Lipinski definition) is 1. The predicted molar refractivity (Wildman–Crippen MR) is 131 cm³/mol. The van der Waals surface area contributed by atoms with Crippen LogP contribution in [0, 0.1) is 11.8 Å².